The average Bonchev–Trinajstić information content (AvgIpc) is 2.78. The third kappa shape index (κ3) is 16.3. The van der Waals surface area contributed by atoms with Gasteiger partial charge in [-0.15, -0.1) is 0 Å². The van der Waals surface area contributed by atoms with Crippen molar-refractivity contribution in [1.29, 1.82) is 0 Å². The van der Waals surface area contributed by atoms with Crippen LogP contribution in [0.25, 0.3) is 0 Å². The van der Waals surface area contributed by atoms with Crippen molar-refractivity contribution in [2.75, 3.05) is 6.61 Å². The minimum absolute atomic E-state index is 0. The summed E-state index contributed by atoms with van der Waals surface area (Å²) >= 11 is 0. The third-order valence-corrected chi connectivity index (χ3v) is 6.52. The molecule has 32 heavy (non-hydrogen) atoms. The third-order valence-electron chi connectivity index (χ3n) is 6.52. The number of unbranched alkanes of at least 4 members (excludes halogenated alkanes) is 13. The van der Waals surface area contributed by atoms with Crippen LogP contribution in [0, 0.1) is 11.8 Å². The fourth-order valence-corrected chi connectivity index (χ4v) is 4.50. The first kappa shape index (κ1) is 31.7. The normalized spacial score (nSPS) is 18.4. The summed E-state index contributed by atoms with van der Waals surface area (Å²) in [6.45, 7) is 2.67. The van der Waals surface area contributed by atoms with E-state index in [9.17, 15) is 14.7 Å². The van der Waals surface area contributed by atoms with Crippen molar-refractivity contribution < 1.29 is 49.0 Å². The molecule has 0 aromatic rings. The Morgan fingerprint density at radius 2 is 1.22 bits per heavy atom. The Balaban J connectivity index is 0.00000961. The minimum Gasteiger partial charge on any atom is -0.550 e. The Labute approximate surface area is 219 Å². The summed E-state index contributed by atoms with van der Waals surface area (Å²) in [6, 6.07) is 0. The van der Waals surface area contributed by atoms with Crippen molar-refractivity contribution >= 4 is 11.9 Å². The summed E-state index contributed by atoms with van der Waals surface area (Å²) in [5.41, 5.74) is 0. The molecule has 2 unspecified atom stereocenters. The van der Waals surface area contributed by atoms with Gasteiger partial charge in [0.15, 0.2) is 0 Å². The van der Waals surface area contributed by atoms with Crippen LogP contribution in [0.3, 0.4) is 0 Å². The van der Waals surface area contributed by atoms with E-state index in [-0.39, 0.29) is 35.5 Å². The largest absolute Gasteiger partial charge is 1.00 e. The Morgan fingerprint density at radius 1 is 0.750 bits per heavy atom. The van der Waals surface area contributed by atoms with E-state index in [1.54, 1.807) is 0 Å². The van der Waals surface area contributed by atoms with Gasteiger partial charge in [0.2, 0.25) is 0 Å². The van der Waals surface area contributed by atoms with Crippen LogP contribution in [0.15, 0.2) is 12.2 Å². The van der Waals surface area contributed by atoms with Crippen LogP contribution in [0.1, 0.15) is 129 Å². The maximum absolute atomic E-state index is 12.2. The number of hydrogen-bond donors (Lipinski definition) is 0. The molecule has 4 nitrogen and oxygen atoms in total. The summed E-state index contributed by atoms with van der Waals surface area (Å²) < 4.78 is 5.34. The summed E-state index contributed by atoms with van der Waals surface area (Å²) in [4.78, 5) is 23.3. The molecule has 0 amide bonds. The van der Waals surface area contributed by atoms with Crippen molar-refractivity contribution in [3.63, 3.8) is 0 Å². The molecular weight excluding hydrogens is 411 g/mol. The quantitative estimate of drug-likeness (QED) is 0.129. The number of aliphatic carboxylic acids is 1. The van der Waals surface area contributed by atoms with E-state index in [0.717, 1.165) is 38.5 Å². The molecule has 0 heterocycles. The number of allylic oxidation sites excluding steroid dienone is 2. The Bertz CT molecular complexity index is 492. The van der Waals surface area contributed by atoms with Gasteiger partial charge in [-0.1, -0.05) is 89.7 Å². The molecule has 2 atom stereocenters. The molecule has 180 valence electrons. The van der Waals surface area contributed by atoms with E-state index in [0.29, 0.717) is 19.4 Å². The molecule has 0 spiro atoms. The van der Waals surface area contributed by atoms with Gasteiger partial charge in [0.25, 0.3) is 0 Å². The van der Waals surface area contributed by atoms with Gasteiger partial charge in [-0.3, -0.25) is 4.79 Å². The molecule has 0 bridgehead atoms. The van der Waals surface area contributed by atoms with Crippen LogP contribution in [0.4, 0.5) is 0 Å². The SMILES string of the molecule is CCCCCCCCCCCC/C=C/CCCCCOC(=O)C1CCCCC1C(=O)[O-].[Na+]. The fraction of sp³-hybridized carbons (Fsp3) is 0.852. The maximum Gasteiger partial charge on any atom is 1.00 e. The van der Waals surface area contributed by atoms with Crippen molar-refractivity contribution in [3.05, 3.63) is 12.2 Å². The molecule has 0 radical (unpaired) electrons. The number of ether oxygens (including phenoxy) is 1. The van der Waals surface area contributed by atoms with E-state index in [1.165, 1.54) is 70.6 Å². The van der Waals surface area contributed by atoms with Gasteiger partial charge in [0.1, 0.15) is 0 Å². The van der Waals surface area contributed by atoms with Crippen LogP contribution in [0.2, 0.25) is 0 Å². The zero-order valence-electron chi connectivity index (χ0n) is 21.1. The topological polar surface area (TPSA) is 66.4 Å². The molecule has 0 saturated heterocycles. The van der Waals surface area contributed by atoms with E-state index >= 15 is 0 Å². The van der Waals surface area contributed by atoms with Crippen LogP contribution < -0.4 is 34.7 Å². The zero-order chi connectivity index (χ0) is 22.6. The van der Waals surface area contributed by atoms with Crippen LogP contribution in [-0.4, -0.2) is 18.5 Å². The van der Waals surface area contributed by atoms with Gasteiger partial charge in [-0.25, -0.2) is 0 Å². The summed E-state index contributed by atoms with van der Waals surface area (Å²) in [6.07, 6.45) is 26.6. The number of rotatable bonds is 19. The second kappa shape index (κ2) is 22.5. The molecule has 1 fully saturated rings. The fourth-order valence-electron chi connectivity index (χ4n) is 4.50. The first-order valence-corrected chi connectivity index (χ1v) is 13.2. The smallest absolute Gasteiger partial charge is 0.550 e. The van der Waals surface area contributed by atoms with Crippen LogP contribution in [-0.2, 0) is 14.3 Å². The van der Waals surface area contributed by atoms with Crippen molar-refractivity contribution in [2.45, 2.75) is 129 Å². The van der Waals surface area contributed by atoms with E-state index < -0.39 is 17.8 Å². The second-order valence-electron chi connectivity index (χ2n) is 9.28. The van der Waals surface area contributed by atoms with Gasteiger partial charge < -0.3 is 14.6 Å². The summed E-state index contributed by atoms with van der Waals surface area (Å²) in [7, 11) is 0. The van der Waals surface area contributed by atoms with Gasteiger partial charge in [0.05, 0.1) is 12.5 Å². The van der Waals surface area contributed by atoms with E-state index in [2.05, 4.69) is 19.1 Å². The molecule has 1 rings (SSSR count). The number of carboxylic acids is 1. The second-order valence-corrected chi connectivity index (χ2v) is 9.28. The predicted octanol–water partition coefficient (Wildman–Crippen LogP) is 3.52. The molecule has 5 heteroatoms. The number of carbonyl (C=O) groups is 2. The molecule has 0 N–H and O–H groups in total. The molecule has 1 aliphatic rings. The maximum atomic E-state index is 12.2. The van der Waals surface area contributed by atoms with Gasteiger partial charge in [0, 0.05) is 11.9 Å². The number of esters is 1. The van der Waals surface area contributed by atoms with Crippen molar-refractivity contribution in [3.8, 4) is 0 Å². The number of hydrogen-bond acceptors (Lipinski definition) is 4. The zero-order valence-corrected chi connectivity index (χ0v) is 23.1. The molecule has 0 aliphatic heterocycles. The van der Waals surface area contributed by atoms with Crippen LogP contribution in [0.5, 0.6) is 0 Å². The first-order valence-electron chi connectivity index (χ1n) is 13.2. The molecule has 1 saturated carbocycles. The Morgan fingerprint density at radius 3 is 1.75 bits per heavy atom. The van der Waals surface area contributed by atoms with Crippen LogP contribution >= 0.6 is 0 Å². The monoisotopic (exact) mass is 458 g/mol. The first-order chi connectivity index (χ1) is 15.2. The molecule has 0 aromatic carbocycles. The minimum atomic E-state index is -1.11. The Kier molecular flexibility index (Phi) is 22.2. The standard InChI is InChI=1S/C27H48O4.Na/c1-2-3-4-5-6-7-8-9-10-11-12-13-14-15-16-17-20-23-31-27(30)25-22-19-18-21-24(25)26(28)29;/h13-14,24-25H,2-12,15-23H2,1H3,(H,28,29);/q;+1/p-1/b14-13+;. The summed E-state index contributed by atoms with van der Waals surface area (Å²) in [5.74, 6) is -2.62. The molecule has 1 aliphatic carbocycles. The summed E-state index contributed by atoms with van der Waals surface area (Å²) in [5, 5.41) is 11.2. The van der Waals surface area contributed by atoms with Crippen molar-refractivity contribution in [1.82, 2.24) is 0 Å². The van der Waals surface area contributed by atoms with Gasteiger partial charge >= 0.3 is 35.5 Å². The molecule has 0 aromatic heterocycles. The van der Waals surface area contributed by atoms with E-state index in [1.807, 2.05) is 0 Å². The Hall–Kier alpha value is -0.320. The predicted molar refractivity (Wildman–Crippen MR) is 125 cm³/mol. The number of carboxylic acid groups (broad SMARTS) is 1. The van der Waals surface area contributed by atoms with Gasteiger partial charge in [-0.05, 0) is 51.4 Å². The average molecular weight is 459 g/mol. The molecular formula is C27H47NaO4. The number of carbonyl (C=O) groups excluding carboxylic acids is 2. The van der Waals surface area contributed by atoms with E-state index in [4.69, 9.17) is 4.74 Å². The van der Waals surface area contributed by atoms with Gasteiger partial charge in [-0.2, -0.15) is 0 Å². The van der Waals surface area contributed by atoms with Crippen molar-refractivity contribution in [2.24, 2.45) is 11.8 Å².